The van der Waals surface area contributed by atoms with Gasteiger partial charge in [0, 0.05) is 0 Å². The van der Waals surface area contributed by atoms with Crippen LogP contribution in [0.3, 0.4) is 0 Å². The number of hydrogen-bond donors (Lipinski definition) is 0. The number of halogens is 3. The molecule has 0 N–H and O–H groups in total. The van der Waals surface area contributed by atoms with Crippen molar-refractivity contribution in [3.05, 3.63) is 84.9 Å². The molecule has 0 bridgehead atoms. The minimum Gasteiger partial charge on any atom is -1.00 e. The van der Waals surface area contributed by atoms with Crippen molar-refractivity contribution < 1.29 is 44.0 Å². The van der Waals surface area contributed by atoms with Gasteiger partial charge < -0.3 is 24.8 Å². The molecule has 0 fully saturated rings. The fourth-order valence-corrected chi connectivity index (χ4v) is 4.62. The smallest absolute Gasteiger partial charge is 0.0771 e. The topological polar surface area (TPSA) is 0 Å². The zero-order valence-electron chi connectivity index (χ0n) is 14.6. The van der Waals surface area contributed by atoms with Gasteiger partial charge in [-0.1, -0.05) is 36.4 Å². The van der Waals surface area contributed by atoms with E-state index < -0.39 is 5.50 Å². The van der Waals surface area contributed by atoms with E-state index in [1.165, 1.54) is 34.0 Å². The molecule has 136 valence electrons. The SMILES string of the molecule is CCC[Si](Cl)=[Ti+2].[Cl-].[Cl-].c1cc[cH-]c1.c1ccc2c(c1)[cH-]c1ccccc12. The van der Waals surface area contributed by atoms with Crippen molar-refractivity contribution in [3.63, 3.8) is 0 Å². The number of hydrogen-bond acceptors (Lipinski definition) is 0. The predicted molar refractivity (Wildman–Crippen MR) is 106 cm³/mol. The Morgan fingerprint density at radius 2 is 1.31 bits per heavy atom. The molecule has 4 aromatic carbocycles. The molecule has 0 saturated carbocycles. The normalized spacial score (nSPS) is 9.08. The second-order valence-electron chi connectivity index (χ2n) is 5.44. The first-order valence-corrected chi connectivity index (χ1v) is 13.2. The Hall–Kier alpha value is -0.539. The molecule has 0 unspecified atom stereocenters. The summed E-state index contributed by atoms with van der Waals surface area (Å²) in [6.07, 6.45) is 1.24. The minimum atomic E-state index is -0.413. The van der Waals surface area contributed by atoms with Gasteiger partial charge in [-0.15, -0.1) is 39.7 Å². The molecule has 4 rings (SSSR count). The Balaban J connectivity index is 0.000000410. The molecule has 0 aromatic heterocycles. The van der Waals surface area contributed by atoms with E-state index in [0.717, 1.165) is 0 Å². The zero-order valence-corrected chi connectivity index (χ0v) is 19.5. The molecule has 0 spiro atoms. The zero-order chi connectivity index (χ0) is 17.2. The van der Waals surface area contributed by atoms with Crippen molar-refractivity contribution >= 4 is 38.1 Å². The van der Waals surface area contributed by atoms with Gasteiger partial charge in [-0.3, -0.25) is 0 Å². The first-order valence-electron chi connectivity index (χ1n) is 8.15. The Bertz CT molecular complexity index is 802. The monoisotopic (exact) mass is 454 g/mol. The van der Waals surface area contributed by atoms with E-state index in [2.05, 4.69) is 80.7 Å². The maximum atomic E-state index is 5.68. The van der Waals surface area contributed by atoms with Crippen LogP contribution in [0.2, 0.25) is 6.04 Å². The van der Waals surface area contributed by atoms with Crippen molar-refractivity contribution in [2.45, 2.75) is 19.4 Å². The van der Waals surface area contributed by atoms with E-state index in [-0.39, 0.29) is 24.8 Å². The largest absolute Gasteiger partial charge is 1.00 e. The van der Waals surface area contributed by atoms with Crippen LogP contribution in [0, 0.1) is 0 Å². The van der Waals surface area contributed by atoms with Crippen LogP contribution >= 0.6 is 11.1 Å². The van der Waals surface area contributed by atoms with Gasteiger partial charge >= 0.3 is 55.1 Å². The van der Waals surface area contributed by atoms with E-state index in [1.54, 1.807) is 0 Å². The molecule has 26 heavy (non-hydrogen) atoms. The van der Waals surface area contributed by atoms with Crippen LogP contribution in [0.15, 0.2) is 84.9 Å². The third-order valence-corrected chi connectivity index (χ3v) is 6.22. The first-order chi connectivity index (χ1) is 11.7. The van der Waals surface area contributed by atoms with Gasteiger partial charge in [0.15, 0.2) is 0 Å². The van der Waals surface area contributed by atoms with Crippen LogP contribution in [0.1, 0.15) is 13.3 Å². The third kappa shape index (κ3) is 8.43. The predicted octanol–water partition coefficient (Wildman–Crippen LogP) is 0.796. The molecular formula is C21H21Cl3SiTi-2. The second kappa shape index (κ2) is 14.5. The molecule has 0 amide bonds. The third-order valence-electron chi connectivity index (χ3n) is 3.55. The summed E-state index contributed by atoms with van der Waals surface area (Å²) in [5.41, 5.74) is -0.413. The number of benzene rings is 2. The molecule has 4 aromatic rings. The average Bonchev–Trinajstić information content (AvgIpc) is 3.27. The van der Waals surface area contributed by atoms with E-state index in [9.17, 15) is 0 Å². The molecule has 0 aliphatic rings. The standard InChI is InChI=1S/C13H9.C5H5.C3H7ClSi.2ClH.Ti/c1-3-7-12-10(5-1)9-11-6-2-4-8-13(11)12;1-2-4-5-3-1;1-2-3-5-4;;;/h1-9H;1-5H;2-3H2,1H3;2*1H;/q2*-1;;;;+2/p-2. The van der Waals surface area contributed by atoms with Crippen molar-refractivity contribution in [2.75, 3.05) is 0 Å². The molecule has 5 heteroatoms. The summed E-state index contributed by atoms with van der Waals surface area (Å²) < 4.78 is 0. The number of fused-ring (bicyclic) bond motifs is 3. The molecule has 0 aliphatic heterocycles. The summed E-state index contributed by atoms with van der Waals surface area (Å²) in [5, 5.41) is 5.39. The molecule has 0 aliphatic carbocycles. The van der Waals surface area contributed by atoms with Gasteiger partial charge in [0.2, 0.25) is 0 Å². The summed E-state index contributed by atoms with van der Waals surface area (Å²) in [4.78, 5) is 0. The molecule has 0 heterocycles. The Kier molecular flexibility index (Phi) is 14.2. The minimum absolute atomic E-state index is 0. The van der Waals surface area contributed by atoms with Crippen molar-refractivity contribution in [2.24, 2.45) is 0 Å². The van der Waals surface area contributed by atoms with Crippen molar-refractivity contribution in [1.82, 2.24) is 0 Å². The molecule has 0 nitrogen and oxygen atoms in total. The first kappa shape index (κ1) is 25.5. The Morgan fingerprint density at radius 1 is 0.846 bits per heavy atom. The van der Waals surface area contributed by atoms with Crippen LogP contribution in [-0.2, 0) is 19.2 Å². The quantitative estimate of drug-likeness (QED) is 0.238. The molecule has 0 atom stereocenters. The van der Waals surface area contributed by atoms with Crippen LogP contribution in [-0.4, -0.2) is 5.50 Å². The van der Waals surface area contributed by atoms with Crippen molar-refractivity contribution in [3.8, 4) is 0 Å². The van der Waals surface area contributed by atoms with Crippen LogP contribution in [0.25, 0.3) is 21.5 Å². The van der Waals surface area contributed by atoms with Gasteiger partial charge in [-0.2, -0.15) is 18.2 Å². The van der Waals surface area contributed by atoms with E-state index >= 15 is 0 Å². The summed E-state index contributed by atoms with van der Waals surface area (Å²) in [7, 11) is 0. The van der Waals surface area contributed by atoms with Crippen LogP contribution in [0.5, 0.6) is 0 Å². The van der Waals surface area contributed by atoms with E-state index in [4.69, 9.17) is 11.1 Å². The summed E-state index contributed by atoms with van der Waals surface area (Å²) in [5.74, 6) is 0. The van der Waals surface area contributed by atoms with Gasteiger partial charge in [-0.25, -0.2) is 12.1 Å². The van der Waals surface area contributed by atoms with Gasteiger partial charge in [0.1, 0.15) is 0 Å². The fraction of sp³-hybridized carbons (Fsp3) is 0.143. The Morgan fingerprint density at radius 3 is 1.62 bits per heavy atom. The average molecular weight is 456 g/mol. The van der Waals surface area contributed by atoms with Crippen LogP contribution in [0.4, 0.5) is 0 Å². The second-order valence-corrected chi connectivity index (χ2v) is 12.4. The molecule has 0 radical (unpaired) electrons. The molecular weight excluding hydrogens is 435 g/mol. The maximum Gasteiger partial charge on any atom is -0.0771 e. The summed E-state index contributed by atoms with van der Waals surface area (Å²) in [6, 6.07) is 30.5. The fourth-order valence-electron chi connectivity index (χ4n) is 2.44. The molecule has 0 saturated heterocycles. The van der Waals surface area contributed by atoms with Gasteiger partial charge in [-0.05, 0) is 0 Å². The van der Waals surface area contributed by atoms with Crippen molar-refractivity contribution in [1.29, 1.82) is 0 Å². The Labute approximate surface area is 185 Å². The number of rotatable bonds is 2. The maximum absolute atomic E-state index is 5.68. The summed E-state index contributed by atoms with van der Waals surface area (Å²) in [6.45, 7) is 2.16. The summed E-state index contributed by atoms with van der Waals surface area (Å²) >= 11 is 7.80. The van der Waals surface area contributed by atoms with E-state index in [1.807, 2.05) is 30.3 Å². The van der Waals surface area contributed by atoms with E-state index in [0.29, 0.717) is 0 Å². The van der Waals surface area contributed by atoms with Crippen LogP contribution < -0.4 is 24.8 Å². The van der Waals surface area contributed by atoms with Gasteiger partial charge in [0.05, 0.1) is 0 Å². The van der Waals surface area contributed by atoms with Gasteiger partial charge in [0.25, 0.3) is 0 Å².